The molecule has 4 heteroatoms. The fourth-order valence-corrected chi connectivity index (χ4v) is 7.32. The smallest absolute Gasteiger partial charge is 0.302 e. The van der Waals surface area contributed by atoms with Gasteiger partial charge in [-0.05, 0) is 68.1 Å². The van der Waals surface area contributed by atoms with E-state index in [0.29, 0.717) is 30.0 Å². The van der Waals surface area contributed by atoms with Gasteiger partial charge in [0.15, 0.2) is 0 Å². The van der Waals surface area contributed by atoms with Crippen LogP contribution in [0.25, 0.3) is 0 Å². The zero-order valence-corrected chi connectivity index (χ0v) is 15.8. The Kier molecular flexibility index (Phi) is 3.89. The van der Waals surface area contributed by atoms with Crippen molar-refractivity contribution >= 4 is 11.8 Å². The molecule has 4 nitrogen and oxygen atoms in total. The highest BCUT2D eigenvalue weighted by Crippen LogP contribution is 2.66. The first-order chi connectivity index (χ1) is 11.7. The minimum absolute atomic E-state index is 0.109. The molecule has 4 aliphatic carbocycles. The highest BCUT2D eigenvalue weighted by Gasteiger charge is 2.64. The first-order valence-corrected chi connectivity index (χ1v) is 10.1. The van der Waals surface area contributed by atoms with Crippen LogP contribution in [0.15, 0.2) is 0 Å². The number of aliphatic hydroxyl groups is 1. The molecule has 0 aliphatic heterocycles. The standard InChI is InChI=1S/C21H32O4/c1-13(22)25-14-6-10-20(3)17-8-9-19(2)16(4-5-18(19)23)15(17)7-11-21(20,24)12-14/h14-17,24H,4-12H2,1-3H3/t14-,15-,16-,17-,19-,20+,21+/m0/s1. The number of hydrogen-bond donors (Lipinski definition) is 1. The topological polar surface area (TPSA) is 63.6 Å². The first-order valence-electron chi connectivity index (χ1n) is 10.1. The Balaban J connectivity index is 1.60. The Hall–Kier alpha value is -0.900. The quantitative estimate of drug-likeness (QED) is 0.735. The second-order valence-electron chi connectivity index (χ2n) is 9.76. The molecule has 0 unspecified atom stereocenters. The number of esters is 1. The van der Waals surface area contributed by atoms with E-state index >= 15 is 0 Å². The third-order valence-electron chi connectivity index (χ3n) is 8.80. The number of ether oxygens (including phenoxy) is 1. The molecule has 0 radical (unpaired) electrons. The lowest BCUT2D eigenvalue weighted by Gasteiger charge is -2.63. The zero-order valence-electron chi connectivity index (χ0n) is 15.8. The van der Waals surface area contributed by atoms with Crippen LogP contribution in [0.4, 0.5) is 0 Å². The number of fused-ring (bicyclic) bond motifs is 5. The summed E-state index contributed by atoms with van der Waals surface area (Å²) < 4.78 is 5.44. The molecule has 4 saturated carbocycles. The highest BCUT2D eigenvalue weighted by atomic mass is 16.5. The average Bonchev–Trinajstić information content (AvgIpc) is 2.84. The molecule has 0 spiro atoms. The van der Waals surface area contributed by atoms with Crippen molar-refractivity contribution in [2.45, 2.75) is 90.3 Å². The van der Waals surface area contributed by atoms with E-state index in [1.807, 2.05) is 0 Å². The van der Waals surface area contributed by atoms with Crippen molar-refractivity contribution in [3.8, 4) is 0 Å². The van der Waals surface area contributed by atoms with Crippen LogP contribution in [-0.4, -0.2) is 28.6 Å². The molecule has 0 aromatic rings. The van der Waals surface area contributed by atoms with Crippen LogP contribution < -0.4 is 0 Å². The lowest BCUT2D eigenvalue weighted by atomic mass is 9.43. The van der Waals surface area contributed by atoms with Gasteiger partial charge >= 0.3 is 5.97 Å². The largest absolute Gasteiger partial charge is 0.462 e. The minimum atomic E-state index is -0.733. The first kappa shape index (κ1) is 17.5. The molecule has 0 heterocycles. The molecule has 140 valence electrons. The molecule has 7 atom stereocenters. The summed E-state index contributed by atoms with van der Waals surface area (Å²) in [6.45, 7) is 5.92. The van der Waals surface area contributed by atoms with E-state index in [-0.39, 0.29) is 22.9 Å². The van der Waals surface area contributed by atoms with E-state index in [4.69, 9.17) is 4.74 Å². The van der Waals surface area contributed by atoms with Crippen LogP contribution in [0.1, 0.15) is 78.6 Å². The van der Waals surface area contributed by atoms with E-state index in [9.17, 15) is 14.7 Å². The van der Waals surface area contributed by atoms with Gasteiger partial charge in [-0.15, -0.1) is 0 Å². The molecule has 0 aromatic carbocycles. The Morgan fingerprint density at radius 2 is 1.84 bits per heavy atom. The fraction of sp³-hybridized carbons (Fsp3) is 0.905. The number of ketones is 1. The molecule has 4 aliphatic rings. The Labute approximate surface area is 150 Å². The van der Waals surface area contributed by atoms with Crippen LogP contribution in [0.3, 0.4) is 0 Å². The predicted octanol–water partition coefficient (Wildman–Crippen LogP) is 3.64. The maximum absolute atomic E-state index is 12.5. The molecule has 0 aromatic heterocycles. The number of carbonyl (C=O) groups excluding carboxylic acids is 2. The molecule has 4 fully saturated rings. The Bertz CT molecular complexity index is 601. The minimum Gasteiger partial charge on any atom is -0.462 e. The van der Waals surface area contributed by atoms with Gasteiger partial charge in [0.2, 0.25) is 0 Å². The van der Waals surface area contributed by atoms with Crippen molar-refractivity contribution in [2.24, 2.45) is 28.6 Å². The van der Waals surface area contributed by atoms with Gasteiger partial charge in [0, 0.05) is 25.2 Å². The second-order valence-corrected chi connectivity index (χ2v) is 9.76. The number of rotatable bonds is 1. The summed E-state index contributed by atoms with van der Waals surface area (Å²) in [7, 11) is 0. The van der Waals surface area contributed by atoms with Gasteiger partial charge < -0.3 is 9.84 Å². The molecule has 0 saturated heterocycles. The Morgan fingerprint density at radius 1 is 1.08 bits per heavy atom. The van der Waals surface area contributed by atoms with Gasteiger partial charge in [0.1, 0.15) is 11.9 Å². The van der Waals surface area contributed by atoms with Crippen LogP contribution in [0.5, 0.6) is 0 Å². The van der Waals surface area contributed by atoms with Crippen molar-refractivity contribution in [3.05, 3.63) is 0 Å². The normalized spacial score (nSPS) is 52.1. The zero-order chi connectivity index (χ0) is 18.0. The predicted molar refractivity (Wildman–Crippen MR) is 93.7 cm³/mol. The van der Waals surface area contributed by atoms with E-state index in [2.05, 4.69) is 13.8 Å². The maximum atomic E-state index is 12.5. The van der Waals surface area contributed by atoms with Crippen LogP contribution in [-0.2, 0) is 14.3 Å². The highest BCUT2D eigenvalue weighted by molar-refractivity contribution is 5.87. The molecule has 0 amide bonds. The van der Waals surface area contributed by atoms with Gasteiger partial charge in [-0.25, -0.2) is 0 Å². The lowest BCUT2D eigenvalue weighted by molar-refractivity contribution is -0.221. The molecular weight excluding hydrogens is 316 g/mol. The fourth-order valence-electron chi connectivity index (χ4n) is 7.32. The van der Waals surface area contributed by atoms with E-state index in [1.54, 1.807) is 0 Å². The van der Waals surface area contributed by atoms with Crippen molar-refractivity contribution in [1.82, 2.24) is 0 Å². The summed E-state index contributed by atoms with van der Waals surface area (Å²) in [5.41, 5.74) is -0.954. The second kappa shape index (κ2) is 5.55. The summed E-state index contributed by atoms with van der Waals surface area (Å²) in [5.74, 6) is 1.80. The molecule has 4 rings (SSSR count). The molecule has 0 bridgehead atoms. The van der Waals surface area contributed by atoms with E-state index in [0.717, 1.165) is 51.4 Å². The summed E-state index contributed by atoms with van der Waals surface area (Å²) in [5, 5.41) is 11.6. The molecule has 25 heavy (non-hydrogen) atoms. The Morgan fingerprint density at radius 3 is 2.56 bits per heavy atom. The lowest BCUT2D eigenvalue weighted by Crippen LogP contribution is -2.63. The van der Waals surface area contributed by atoms with E-state index in [1.165, 1.54) is 6.92 Å². The van der Waals surface area contributed by atoms with Gasteiger partial charge in [0.05, 0.1) is 5.60 Å². The van der Waals surface area contributed by atoms with Gasteiger partial charge in [0.25, 0.3) is 0 Å². The van der Waals surface area contributed by atoms with Crippen molar-refractivity contribution in [2.75, 3.05) is 0 Å². The van der Waals surface area contributed by atoms with Gasteiger partial charge in [-0.2, -0.15) is 0 Å². The SMILES string of the molecule is CC(=O)O[C@H]1CC[C@]2(C)[C@H]3CC[C@]4(C)C(=O)CC[C@H]4[C@@H]3CC[C@@]2(O)C1. The summed E-state index contributed by atoms with van der Waals surface area (Å²) in [4.78, 5) is 23.8. The van der Waals surface area contributed by atoms with Gasteiger partial charge in [-0.1, -0.05) is 13.8 Å². The van der Waals surface area contributed by atoms with E-state index < -0.39 is 5.60 Å². The van der Waals surface area contributed by atoms with Gasteiger partial charge in [-0.3, -0.25) is 9.59 Å². The van der Waals surface area contributed by atoms with Crippen LogP contribution >= 0.6 is 0 Å². The number of hydrogen-bond acceptors (Lipinski definition) is 4. The average molecular weight is 348 g/mol. The summed E-state index contributed by atoms with van der Waals surface area (Å²) in [6.07, 6.45) is 7.82. The van der Waals surface area contributed by atoms with Crippen molar-refractivity contribution in [3.63, 3.8) is 0 Å². The number of carbonyl (C=O) groups is 2. The maximum Gasteiger partial charge on any atom is 0.302 e. The van der Waals surface area contributed by atoms with Crippen molar-refractivity contribution < 1.29 is 19.4 Å². The summed E-state index contributed by atoms with van der Waals surface area (Å²) >= 11 is 0. The molecular formula is C21H32O4. The number of Topliss-reactive ketones (excluding diaryl/α,β-unsaturated/α-hetero) is 1. The molecule has 1 N–H and O–H groups in total. The van der Waals surface area contributed by atoms with Crippen LogP contribution in [0.2, 0.25) is 0 Å². The third-order valence-corrected chi connectivity index (χ3v) is 8.80. The monoisotopic (exact) mass is 348 g/mol. The third kappa shape index (κ3) is 2.35. The van der Waals surface area contributed by atoms with Crippen molar-refractivity contribution in [1.29, 1.82) is 0 Å². The van der Waals surface area contributed by atoms with Crippen LogP contribution in [0, 0.1) is 28.6 Å². The summed E-state index contributed by atoms with van der Waals surface area (Å²) in [6, 6.07) is 0.